The van der Waals surface area contributed by atoms with E-state index >= 15 is 0 Å². The van der Waals surface area contributed by atoms with Gasteiger partial charge in [-0.05, 0) is 30.4 Å². The van der Waals surface area contributed by atoms with Crippen LogP contribution in [-0.4, -0.2) is 0 Å². The molecule has 2 aliphatic heterocycles. The molecule has 2 aromatic rings. The minimum atomic E-state index is 0.843. The summed E-state index contributed by atoms with van der Waals surface area (Å²) >= 11 is 0. The molecular formula is C17H11NO. The lowest BCUT2D eigenvalue weighted by atomic mass is 10.0. The summed E-state index contributed by atoms with van der Waals surface area (Å²) in [4.78, 5) is 4.73. The highest BCUT2D eigenvalue weighted by Crippen LogP contribution is 2.31. The molecule has 0 aromatic heterocycles. The molecule has 2 heterocycles. The van der Waals surface area contributed by atoms with Gasteiger partial charge in [0.1, 0.15) is 5.75 Å². The van der Waals surface area contributed by atoms with Crippen molar-refractivity contribution in [2.45, 2.75) is 0 Å². The Morgan fingerprint density at radius 3 is 2.79 bits per heavy atom. The molecule has 0 fully saturated rings. The van der Waals surface area contributed by atoms with Crippen molar-refractivity contribution in [3.05, 3.63) is 71.5 Å². The predicted molar refractivity (Wildman–Crippen MR) is 75.7 cm³/mol. The number of hydrogen-bond acceptors (Lipinski definition) is 2. The summed E-state index contributed by atoms with van der Waals surface area (Å²) in [7, 11) is 0. The maximum atomic E-state index is 5.63. The molecule has 0 bridgehead atoms. The van der Waals surface area contributed by atoms with Crippen molar-refractivity contribution in [2.24, 2.45) is 4.99 Å². The van der Waals surface area contributed by atoms with E-state index in [4.69, 9.17) is 9.73 Å². The third-order valence-corrected chi connectivity index (χ3v) is 3.36. The zero-order valence-electron chi connectivity index (χ0n) is 10.2. The van der Waals surface area contributed by atoms with E-state index in [1.54, 1.807) is 6.26 Å². The number of rotatable bonds is 0. The number of nitrogens with zero attached hydrogens (tertiary/aromatic N) is 1. The molecular weight excluding hydrogens is 234 g/mol. The smallest absolute Gasteiger partial charge is 0.135 e. The number of hydrogen-bond donors (Lipinski definition) is 0. The fourth-order valence-corrected chi connectivity index (χ4v) is 2.48. The second-order valence-corrected chi connectivity index (χ2v) is 4.50. The maximum Gasteiger partial charge on any atom is 0.135 e. The van der Waals surface area contributed by atoms with Gasteiger partial charge in [-0.1, -0.05) is 30.4 Å². The van der Waals surface area contributed by atoms with E-state index < -0.39 is 0 Å². The van der Waals surface area contributed by atoms with Gasteiger partial charge in [-0.25, -0.2) is 4.99 Å². The van der Waals surface area contributed by atoms with Crippen LogP contribution in [0.5, 0.6) is 5.75 Å². The lowest BCUT2D eigenvalue weighted by Gasteiger charge is -2.04. The summed E-state index contributed by atoms with van der Waals surface area (Å²) < 4.78 is 5.63. The van der Waals surface area contributed by atoms with Gasteiger partial charge in [0, 0.05) is 16.3 Å². The van der Waals surface area contributed by atoms with Crippen LogP contribution in [0.2, 0.25) is 0 Å². The Bertz CT molecular complexity index is 844. The fourth-order valence-electron chi connectivity index (χ4n) is 2.48. The van der Waals surface area contributed by atoms with Crippen LogP contribution in [0.3, 0.4) is 0 Å². The lowest BCUT2D eigenvalue weighted by molar-refractivity contribution is 0.476. The summed E-state index contributed by atoms with van der Waals surface area (Å²) in [6, 6.07) is 12.3. The number of fused-ring (bicyclic) bond motifs is 5. The van der Waals surface area contributed by atoms with Crippen molar-refractivity contribution in [1.82, 2.24) is 0 Å². The topological polar surface area (TPSA) is 21.6 Å². The molecule has 2 heteroatoms. The first-order valence-electron chi connectivity index (χ1n) is 6.25. The van der Waals surface area contributed by atoms with Crippen molar-refractivity contribution in [2.75, 3.05) is 0 Å². The average molecular weight is 245 g/mol. The lowest BCUT2D eigenvalue weighted by Crippen LogP contribution is -2.26. The Morgan fingerprint density at radius 2 is 1.79 bits per heavy atom. The third-order valence-electron chi connectivity index (χ3n) is 3.36. The first-order valence-corrected chi connectivity index (χ1v) is 6.25. The molecule has 0 radical (unpaired) electrons. The van der Waals surface area contributed by atoms with E-state index in [9.17, 15) is 0 Å². The van der Waals surface area contributed by atoms with E-state index in [0.29, 0.717) is 0 Å². The van der Waals surface area contributed by atoms with Crippen molar-refractivity contribution < 1.29 is 4.74 Å². The van der Waals surface area contributed by atoms with Gasteiger partial charge in [0.25, 0.3) is 0 Å². The average Bonchev–Trinajstić information content (AvgIpc) is 2.77. The molecule has 0 aliphatic carbocycles. The van der Waals surface area contributed by atoms with Gasteiger partial charge < -0.3 is 4.74 Å². The van der Waals surface area contributed by atoms with Crippen LogP contribution in [0, 0.1) is 0 Å². The highest BCUT2D eigenvalue weighted by Gasteiger charge is 2.15. The largest absolute Gasteiger partial charge is 0.464 e. The number of ether oxygens (including phenoxy) is 1. The minimum Gasteiger partial charge on any atom is -0.464 e. The molecule has 90 valence electrons. The van der Waals surface area contributed by atoms with E-state index in [-0.39, 0.29) is 0 Å². The molecule has 19 heavy (non-hydrogen) atoms. The Kier molecular flexibility index (Phi) is 2.15. The van der Waals surface area contributed by atoms with Gasteiger partial charge in [0.2, 0.25) is 0 Å². The number of para-hydroxylation sites is 1. The number of allylic oxidation sites excluding steroid dienone is 3. The second-order valence-electron chi connectivity index (χ2n) is 4.50. The normalized spacial score (nSPS) is 19.3. The first kappa shape index (κ1) is 10.3. The van der Waals surface area contributed by atoms with Gasteiger partial charge in [0.15, 0.2) is 0 Å². The SMILES string of the molecule is C1=C\C=c2/c(ccc3c2=Nc2ccccc2-3)O\C=C/1. The summed E-state index contributed by atoms with van der Waals surface area (Å²) in [5.41, 5.74) is 3.39. The van der Waals surface area contributed by atoms with E-state index in [1.807, 2.05) is 48.6 Å². The van der Waals surface area contributed by atoms with Gasteiger partial charge >= 0.3 is 0 Å². The summed E-state index contributed by atoms with van der Waals surface area (Å²) in [5.74, 6) is 0.843. The highest BCUT2D eigenvalue weighted by atomic mass is 16.5. The van der Waals surface area contributed by atoms with Crippen molar-refractivity contribution in [3.8, 4) is 16.9 Å². The van der Waals surface area contributed by atoms with E-state index in [1.165, 1.54) is 11.1 Å². The van der Waals surface area contributed by atoms with Crippen LogP contribution in [0.25, 0.3) is 17.2 Å². The molecule has 0 atom stereocenters. The molecule has 0 saturated carbocycles. The zero-order valence-corrected chi connectivity index (χ0v) is 10.2. The quantitative estimate of drug-likeness (QED) is 0.597. The number of benzene rings is 2. The molecule has 0 spiro atoms. The van der Waals surface area contributed by atoms with Crippen molar-refractivity contribution >= 4 is 11.8 Å². The van der Waals surface area contributed by atoms with Gasteiger partial charge in [-0.2, -0.15) is 0 Å². The Morgan fingerprint density at radius 1 is 0.842 bits per heavy atom. The zero-order chi connectivity index (χ0) is 12.7. The highest BCUT2D eigenvalue weighted by molar-refractivity contribution is 5.79. The standard InChI is InChI=1S/C17H11NO/c1-2-7-14-16(19-11-5-1)10-9-13-12-6-3-4-8-15(12)18-17(13)14/h1-11H/b2-1-,11-5-,14-7+. The first-order chi connectivity index (χ1) is 9.43. The Labute approximate surface area is 110 Å². The molecule has 4 rings (SSSR count). The van der Waals surface area contributed by atoms with Crippen molar-refractivity contribution in [3.63, 3.8) is 0 Å². The third kappa shape index (κ3) is 1.54. The summed E-state index contributed by atoms with van der Waals surface area (Å²) in [5, 5.41) is 2.04. The van der Waals surface area contributed by atoms with Gasteiger partial charge in [-0.3, -0.25) is 0 Å². The van der Waals surface area contributed by atoms with Crippen LogP contribution < -0.4 is 15.3 Å². The van der Waals surface area contributed by atoms with Crippen LogP contribution in [0.1, 0.15) is 0 Å². The summed E-state index contributed by atoms with van der Waals surface area (Å²) in [6.07, 6.45) is 9.57. The Hall–Kier alpha value is -2.61. The molecule has 2 nitrogen and oxygen atoms in total. The van der Waals surface area contributed by atoms with Crippen molar-refractivity contribution in [1.29, 1.82) is 0 Å². The van der Waals surface area contributed by atoms with Crippen LogP contribution in [-0.2, 0) is 0 Å². The van der Waals surface area contributed by atoms with E-state index in [0.717, 1.165) is 22.0 Å². The fraction of sp³-hybridized carbons (Fsp3) is 0. The maximum absolute atomic E-state index is 5.63. The molecule has 0 saturated heterocycles. The van der Waals surface area contributed by atoms with Crippen LogP contribution >= 0.6 is 0 Å². The van der Waals surface area contributed by atoms with E-state index in [2.05, 4.69) is 12.1 Å². The molecule has 0 N–H and O–H groups in total. The molecule has 0 unspecified atom stereocenters. The van der Waals surface area contributed by atoms with Crippen LogP contribution in [0.15, 0.2) is 65.9 Å². The second kappa shape index (κ2) is 3.95. The Balaban J connectivity index is 2.10. The molecule has 2 aliphatic rings. The van der Waals surface area contributed by atoms with Crippen LogP contribution in [0.4, 0.5) is 5.69 Å². The predicted octanol–water partition coefficient (Wildman–Crippen LogP) is 2.86. The van der Waals surface area contributed by atoms with Gasteiger partial charge in [-0.15, -0.1) is 0 Å². The van der Waals surface area contributed by atoms with Gasteiger partial charge in [0.05, 0.1) is 17.3 Å². The monoisotopic (exact) mass is 245 g/mol. The summed E-state index contributed by atoms with van der Waals surface area (Å²) in [6.45, 7) is 0. The molecule has 2 aromatic carbocycles. The minimum absolute atomic E-state index is 0.843. The molecule has 0 amide bonds.